The van der Waals surface area contributed by atoms with Crippen LogP contribution in [0.25, 0.3) is 0 Å². The second kappa shape index (κ2) is 11.4. The Hall–Kier alpha value is -4.36. The minimum atomic E-state index is -0.181. The van der Waals surface area contributed by atoms with Crippen molar-refractivity contribution >= 4 is 34.4 Å². The molecule has 0 bridgehead atoms. The number of nitrogens with one attached hydrogen (secondary N) is 3. The quantitative estimate of drug-likeness (QED) is 0.216. The molecule has 0 spiro atoms. The van der Waals surface area contributed by atoms with Gasteiger partial charge in [0, 0.05) is 52.7 Å². The molecule has 1 aromatic heterocycles. The summed E-state index contributed by atoms with van der Waals surface area (Å²) in [5.41, 5.74) is 7.84. The van der Waals surface area contributed by atoms with E-state index in [1.807, 2.05) is 42.5 Å². The Bertz CT molecular complexity index is 1460. The van der Waals surface area contributed by atoms with Crippen molar-refractivity contribution in [2.24, 2.45) is 0 Å². The van der Waals surface area contributed by atoms with E-state index in [0.717, 1.165) is 62.3 Å². The maximum Gasteiger partial charge on any atom is 0.272 e. The number of hydrogen-bond donors (Lipinski definition) is 4. The van der Waals surface area contributed by atoms with Crippen LogP contribution in [0.15, 0.2) is 78.9 Å². The van der Waals surface area contributed by atoms with E-state index >= 15 is 0 Å². The molecule has 0 radical (unpaired) electrons. The first kappa shape index (κ1) is 25.9. The predicted octanol–water partition coefficient (Wildman–Crippen LogP) is 6.08. The van der Waals surface area contributed by atoms with Crippen molar-refractivity contribution in [3.63, 3.8) is 0 Å². The van der Waals surface area contributed by atoms with Crippen LogP contribution in [0.4, 0.5) is 22.7 Å². The Balaban J connectivity index is 1.04. The lowest BCUT2D eigenvalue weighted by Gasteiger charge is -2.31. The number of aromatic amines is 1. The zero-order valence-corrected chi connectivity index (χ0v) is 22.5. The molecule has 3 aromatic carbocycles. The average Bonchev–Trinajstić information content (AvgIpc) is 3.43. The molecule has 2 aliphatic rings. The van der Waals surface area contributed by atoms with E-state index in [9.17, 15) is 14.7 Å². The van der Waals surface area contributed by atoms with Crippen LogP contribution in [0.2, 0.25) is 0 Å². The summed E-state index contributed by atoms with van der Waals surface area (Å²) in [6, 6.07) is 24.7. The number of piperidine rings is 1. The first-order valence-electron chi connectivity index (χ1n) is 14.1. The molecular weight excluding hydrogens is 500 g/mol. The summed E-state index contributed by atoms with van der Waals surface area (Å²) < 4.78 is 0. The Morgan fingerprint density at radius 3 is 1.98 bits per heavy atom. The van der Waals surface area contributed by atoms with E-state index in [2.05, 4.69) is 32.7 Å². The highest BCUT2D eigenvalue weighted by molar-refractivity contribution is 6.09. The average molecular weight is 535 g/mol. The van der Waals surface area contributed by atoms with Gasteiger partial charge in [-0.25, -0.2) is 0 Å². The maximum absolute atomic E-state index is 13.1. The van der Waals surface area contributed by atoms with Gasteiger partial charge in [0.2, 0.25) is 0 Å². The monoisotopic (exact) mass is 534 g/mol. The smallest absolute Gasteiger partial charge is 0.272 e. The minimum absolute atomic E-state index is 0.0718. The van der Waals surface area contributed by atoms with Gasteiger partial charge in [0.1, 0.15) is 5.69 Å². The number of amides is 1. The molecule has 204 valence electrons. The lowest BCUT2D eigenvalue weighted by atomic mass is 9.98. The number of aliphatic hydroxyl groups excluding tert-OH is 1. The van der Waals surface area contributed by atoms with E-state index < -0.39 is 0 Å². The molecule has 1 amide bonds. The fourth-order valence-electron chi connectivity index (χ4n) is 5.55. The minimum Gasteiger partial charge on any atom is -0.393 e. The summed E-state index contributed by atoms with van der Waals surface area (Å²) in [5.74, 6) is -0.241. The molecular formula is C33H34N4O3. The number of aryl methyl sites for hydroxylation is 2. The van der Waals surface area contributed by atoms with Crippen molar-refractivity contribution in [1.29, 1.82) is 0 Å². The largest absolute Gasteiger partial charge is 0.393 e. The number of H-pyrrole nitrogens is 1. The zero-order valence-electron chi connectivity index (χ0n) is 22.5. The van der Waals surface area contributed by atoms with Crippen LogP contribution < -0.4 is 15.5 Å². The number of aliphatic hydroxyl groups is 1. The summed E-state index contributed by atoms with van der Waals surface area (Å²) in [7, 11) is 0. The van der Waals surface area contributed by atoms with E-state index in [-0.39, 0.29) is 17.8 Å². The molecule has 1 fully saturated rings. The van der Waals surface area contributed by atoms with Gasteiger partial charge >= 0.3 is 0 Å². The predicted molar refractivity (Wildman–Crippen MR) is 159 cm³/mol. The molecule has 4 aromatic rings. The summed E-state index contributed by atoms with van der Waals surface area (Å²) >= 11 is 0. The first-order valence-corrected chi connectivity index (χ1v) is 14.1. The molecule has 2 heterocycles. The molecule has 1 saturated heterocycles. The van der Waals surface area contributed by atoms with Crippen molar-refractivity contribution in [3.05, 3.63) is 107 Å². The maximum atomic E-state index is 13.1. The highest BCUT2D eigenvalue weighted by Gasteiger charge is 2.18. The third-order valence-corrected chi connectivity index (χ3v) is 7.90. The molecule has 1 aliphatic carbocycles. The molecule has 7 heteroatoms. The standard InChI is InChI=1S/C33H34N4O3/c38-29-17-19-37(20-18-29)28-15-13-26(14-16-28)34-25-9-5-22(6-10-25)32(39)23-7-11-27(12-8-23)35-33(40)31-21-24-3-1-2-4-30(24)36-31/h5-16,21,29,34,36,38H,1-4,17-20H2,(H,35,40). The summed E-state index contributed by atoms with van der Waals surface area (Å²) in [6.45, 7) is 1.74. The van der Waals surface area contributed by atoms with Crippen LogP contribution in [0.5, 0.6) is 0 Å². The van der Waals surface area contributed by atoms with Crippen molar-refractivity contribution in [1.82, 2.24) is 4.98 Å². The zero-order chi connectivity index (χ0) is 27.5. The second-order valence-corrected chi connectivity index (χ2v) is 10.7. The Morgan fingerprint density at radius 1 is 0.775 bits per heavy atom. The molecule has 40 heavy (non-hydrogen) atoms. The summed E-state index contributed by atoms with van der Waals surface area (Å²) in [4.78, 5) is 31.3. The van der Waals surface area contributed by atoms with Crippen LogP contribution in [0, 0.1) is 0 Å². The van der Waals surface area contributed by atoms with Crippen LogP contribution in [-0.2, 0) is 12.8 Å². The van der Waals surface area contributed by atoms with Gasteiger partial charge in [0.15, 0.2) is 5.78 Å². The lowest BCUT2D eigenvalue weighted by molar-refractivity contribution is 0.102. The molecule has 0 saturated carbocycles. The third kappa shape index (κ3) is 5.80. The van der Waals surface area contributed by atoms with Gasteiger partial charge in [-0.3, -0.25) is 9.59 Å². The molecule has 0 unspecified atom stereocenters. The van der Waals surface area contributed by atoms with Gasteiger partial charge in [0.05, 0.1) is 6.10 Å². The molecule has 4 N–H and O–H groups in total. The van der Waals surface area contributed by atoms with E-state index in [4.69, 9.17) is 0 Å². The van der Waals surface area contributed by atoms with E-state index in [1.54, 1.807) is 24.3 Å². The van der Waals surface area contributed by atoms with Crippen molar-refractivity contribution < 1.29 is 14.7 Å². The van der Waals surface area contributed by atoms with Gasteiger partial charge < -0.3 is 25.6 Å². The number of carbonyl (C=O) groups is 2. The Morgan fingerprint density at radius 2 is 1.35 bits per heavy atom. The van der Waals surface area contributed by atoms with Gasteiger partial charge in [-0.15, -0.1) is 0 Å². The number of benzene rings is 3. The molecule has 1 aliphatic heterocycles. The number of carbonyl (C=O) groups excluding carboxylic acids is 2. The lowest BCUT2D eigenvalue weighted by Crippen LogP contribution is -2.35. The van der Waals surface area contributed by atoms with E-state index in [1.165, 1.54) is 17.7 Å². The molecule has 7 nitrogen and oxygen atoms in total. The van der Waals surface area contributed by atoms with Gasteiger partial charge in [-0.1, -0.05) is 0 Å². The third-order valence-electron chi connectivity index (χ3n) is 7.90. The second-order valence-electron chi connectivity index (χ2n) is 10.7. The Kier molecular flexibility index (Phi) is 7.38. The fourth-order valence-corrected chi connectivity index (χ4v) is 5.55. The van der Waals surface area contributed by atoms with Crippen LogP contribution >= 0.6 is 0 Å². The van der Waals surface area contributed by atoms with Gasteiger partial charge in [-0.05, 0) is 123 Å². The van der Waals surface area contributed by atoms with Crippen molar-refractivity contribution in [3.8, 4) is 0 Å². The van der Waals surface area contributed by atoms with E-state index in [0.29, 0.717) is 22.5 Å². The number of nitrogens with zero attached hydrogens (tertiary/aromatic N) is 1. The number of aromatic nitrogens is 1. The number of fused-ring (bicyclic) bond motifs is 1. The number of rotatable bonds is 7. The fraction of sp³-hybridized carbons (Fsp3) is 0.273. The molecule has 6 rings (SSSR count). The number of anilines is 4. The van der Waals surface area contributed by atoms with Crippen molar-refractivity contribution in [2.45, 2.75) is 44.6 Å². The Labute approximate surface area is 234 Å². The number of ketones is 1. The normalized spacial score (nSPS) is 15.4. The topological polar surface area (TPSA) is 97.5 Å². The summed E-state index contributed by atoms with van der Waals surface area (Å²) in [5, 5.41) is 16.0. The SMILES string of the molecule is O=C(c1ccc(NC(=O)c2cc3c([nH]2)CCCC3)cc1)c1ccc(Nc2ccc(N3CCC(O)CC3)cc2)cc1. The van der Waals surface area contributed by atoms with Crippen LogP contribution in [0.1, 0.15) is 63.4 Å². The summed E-state index contributed by atoms with van der Waals surface area (Å²) in [6.07, 6.45) is 5.77. The highest BCUT2D eigenvalue weighted by Crippen LogP contribution is 2.25. The van der Waals surface area contributed by atoms with Crippen LogP contribution in [-0.4, -0.2) is 41.0 Å². The van der Waals surface area contributed by atoms with Gasteiger partial charge in [-0.2, -0.15) is 0 Å². The molecule has 0 atom stereocenters. The number of hydrogen-bond acceptors (Lipinski definition) is 5. The van der Waals surface area contributed by atoms with Gasteiger partial charge in [0.25, 0.3) is 5.91 Å². The van der Waals surface area contributed by atoms with Crippen LogP contribution in [0.3, 0.4) is 0 Å². The highest BCUT2D eigenvalue weighted by atomic mass is 16.3. The first-order chi connectivity index (χ1) is 19.5. The van der Waals surface area contributed by atoms with Crippen molar-refractivity contribution in [2.75, 3.05) is 28.6 Å².